The number of phosphoric ester groups is 1. The minimum Gasteiger partial charge on any atom is -0.443 e. The summed E-state index contributed by atoms with van der Waals surface area (Å²) in [6, 6.07) is 4.74. The van der Waals surface area contributed by atoms with Crippen LogP contribution < -0.4 is 9.62 Å². The molecular formula is C53H59ClF10N7O11PS2. The number of benzene rings is 2. The molecule has 3 heterocycles. The summed E-state index contributed by atoms with van der Waals surface area (Å²) < 4.78 is 237. The highest BCUT2D eigenvalue weighted by Gasteiger charge is 2.68. The number of fused-ring (bicyclic) bond motifs is 4. The molecule has 2 aliphatic carbocycles. The highest BCUT2D eigenvalue weighted by Crippen LogP contribution is 2.68. The number of pyridine rings is 1. The number of hydrogen-bond acceptors (Lipinski definition) is 14. The fraction of sp³-hybridized carbons (Fsp3) is 0.528. The second-order valence-electron chi connectivity index (χ2n) is 23.7. The van der Waals surface area contributed by atoms with Crippen molar-refractivity contribution in [2.24, 2.45) is 11.3 Å². The largest absolute Gasteiger partial charge is 0.475 e. The standard InChI is InChI=1S/C53H59ClF10N7O11PS2/c1-47(2,3)81-83(74,82-48(4,5)6)80-26-49(7,8)46(73)79-27-71(85(12,77)78)45-40-36(54)16-15-33(42(40)70(68-45)25-51(57,58)59)32-14-13-31(17-18-50(9,10)84(11,75)76)65-41(32)37(21-28-19-29(55)22-30(56)20-28)66-38(72)24-69-44-39(43(67-69)53(62,63)64)34-23-35(34)52(44,60)61/h13-16,19-20,22,34-35,37H,21,23-27H2,1-12H3,(H,66,72)/t34-,35+,37-/m0/s1. The first-order valence-corrected chi connectivity index (χ1v) is 31.2. The zero-order valence-electron chi connectivity index (χ0n) is 47.6. The van der Waals surface area contributed by atoms with Crippen LogP contribution in [0, 0.1) is 34.8 Å². The van der Waals surface area contributed by atoms with E-state index < -0.39 is 186 Å². The Balaban J connectivity index is 1.40. The molecule has 3 atom stereocenters. The van der Waals surface area contributed by atoms with E-state index in [1.165, 1.54) is 27.7 Å². The number of sulfone groups is 1. The Morgan fingerprint density at radius 3 is 2.00 bits per heavy atom. The number of sulfonamides is 1. The highest BCUT2D eigenvalue weighted by atomic mass is 35.5. The molecule has 1 N–H and O–H groups in total. The number of nitrogens with one attached hydrogen (secondary N) is 1. The van der Waals surface area contributed by atoms with Crippen molar-refractivity contribution in [1.29, 1.82) is 0 Å². The average Bonchev–Trinajstić information content (AvgIpc) is 1.53. The molecule has 0 saturated heterocycles. The SMILES string of the molecule is CC(C)(C)OP(=O)(OCC(C)(C)C(=O)OCN(c1nn(CC(F)(F)F)c2c(-c3ccc(C#CC(C)(C)S(C)(=O)=O)nc3[C@H](Cc3cc(F)cc(F)c3)NC(=O)Cn3nc(C(F)(F)F)c4c3C(F)(F)[C@@H]3C[C@H]43)ccc(Cl)c12)S(C)(=O)=O)OC(C)(C)C. The van der Waals surface area contributed by atoms with Crippen LogP contribution in [0.1, 0.15) is 122 Å². The van der Waals surface area contributed by atoms with E-state index >= 15 is 8.78 Å². The van der Waals surface area contributed by atoms with Crippen molar-refractivity contribution in [1.82, 2.24) is 29.9 Å². The van der Waals surface area contributed by atoms with E-state index in [9.17, 15) is 66.1 Å². The number of ether oxygens (including phenoxy) is 1. The van der Waals surface area contributed by atoms with Crippen molar-refractivity contribution in [2.45, 2.75) is 141 Å². The second kappa shape index (κ2) is 22.7. The predicted octanol–water partition coefficient (Wildman–Crippen LogP) is 11.3. The maximum atomic E-state index is 15.7. The summed E-state index contributed by atoms with van der Waals surface area (Å²) in [5.41, 5.74) is -9.98. The van der Waals surface area contributed by atoms with Crippen LogP contribution in [-0.2, 0) is 83.9 Å². The van der Waals surface area contributed by atoms with E-state index in [2.05, 4.69) is 32.3 Å². The third-order valence-corrected chi connectivity index (χ3v) is 18.5. The number of aromatic nitrogens is 5. The van der Waals surface area contributed by atoms with Gasteiger partial charge in [0.25, 0.3) is 5.92 Å². The number of hydrogen-bond donors (Lipinski definition) is 1. The van der Waals surface area contributed by atoms with Gasteiger partial charge in [-0.25, -0.2) is 39.5 Å². The van der Waals surface area contributed by atoms with Crippen molar-refractivity contribution < 1.29 is 93.2 Å². The van der Waals surface area contributed by atoms with E-state index in [1.54, 1.807) is 41.5 Å². The predicted molar refractivity (Wildman–Crippen MR) is 290 cm³/mol. The van der Waals surface area contributed by atoms with Gasteiger partial charge in [-0.15, -0.1) is 0 Å². The Labute approximate surface area is 487 Å². The number of amides is 1. The van der Waals surface area contributed by atoms with Crippen molar-refractivity contribution in [3.8, 4) is 23.0 Å². The number of alkyl halides is 8. The van der Waals surface area contributed by atoms with E-state index in [0.717, 1.165) is 42.7 Å². The fourth-order valence-corrected chi connectivity index (χ4v) is 12.2. The number of carbonyl (C=O) groups is 2. The minimum atomic E-state index is -5.24. The van der Waals surface area contributed by atoms with Crippen LogP contribution in [0.5, 0.6) is 0 Å². The topological polar surface area (TPSA) is 220 Å². The van der Waals surface area contributed by atoms with Gasteiger partial charge in [-0.3, -0.25) is 32.5 Å². The zero-order valence-corrected chi connectivity index (χ0v) is 50.9. The molecule has 1 saturated carbocycles. The lowest BCUT2D eigenvalue weighted by Crippen LogP contribution is -2.38. The number of phosphoric acid groups is 1. The number of rotatable bonds is 19. The molecule has 1 amide bonds. The second-order valence-corrected chi connectivity index (χ2v) is 30.1. The van der Waals surface area contributed by atoms with E-state index in [0.29, 0.717) is 16.6 Å². The molecule has 2 aliphatic rings. The van der Waals surface area contributed by atoms with Gasteiger partial charge in [0.1, 0.15) is 40.9 Å². The van der Waals surface area contributed by atoms with Crippen molar-refractivity contribution in [3.05, 3.63) is 93.0 Å². The molecule has 5 aromatic rings. The van der Waals surface area contributed by atoms with Gasteiger partial charge in [0.2, 0.25) is 15.9 Å². The Hall–Kier alpha value is -5.83. The van der Waals surface area contributed by atoms with Crippen LogP contribution in [0.3, 0.4) is 0 Å². The Kier molecular flexibility index (Phi) is 17.8. The van der Waals surface area contributed by atoms with Gasteiger partial charge in [0, 0.05) is 34.9 Å². The molecule has 32 heteroatoms. The molecule has 2 aromatic carbocycles. The maximum absolute atomic E-state index is 15.7. The number of carbonyl (C=O) groups excluding carboxylic acids is 2. The van der Waals surface area contributed by atoms with Gasteiger partial charge in [-0.2, -0.15) is 45.3 Å². The fourth-order valence-electron chi connectivity index (χ4n) is 9.10. The lowest BCUT2D eigenvalue weighted by molar-refractivity contribution is -0.155. The summed E-state index contributed by atoms with van der Waals surface area (Å²) in [4.78, 5) is 32.7. The van der Waals surface area contributed by atoms with Gasteiger partial charge in [0.05, 0.1) is 57.1 Å². The van der Waals surface area contributed by atoms with Crippen molar-refractivity contribution in [3.63, 3.8) is 0 Å². The molecule has 0 unspecified atom stereocenters. The number of esters is 1. The van der Waals surface area contributed by atoms with Crippen molar-refractivity contribution >= 4 is 67.9 Å². The van der Waals surface area contributed by atoms with Crippen LogP contribution in [0.25, 0.3) is 22.0 Å². The van der Waals surface area contributed by atoms with Gasteiger partial charge < -0.3 is 10.1 Å². The first kappa shape index (κ1) is 66.7. The van der Waals surface area contributed by atoms with Crippen LogP contribution in [0.4, 0.5) is 49.7 Å². The molecule has 3 aromatic heterocycles. The lowest BCUT2D eigenvalue weighted by Gasteiger charge is -2.33. The monoisotopic (exact) mass is 1290 g/mol. The summed E-state index contributed by atoms with van der Waals surface area (Å²) in [5.74, 6) is -7.22. The highest BCUT2D eigenvalue weighted by molar-refractivity contribution is 7.92. The number of nitrogens with zero attached hydrogens (tertiary/aromatic N) is 6. The molecule has 466 valence electrons. The van der Waals surface area contributed by atoms with Crippen LogP contribution in [0.15, 0.2) is 42.5 Å². The van der Waals surface area contributed by atoms with Gasteiger partial charge in [-0.1, -0.05) is 23.6 Å². The Morgan fingerprint density at radius 1 is 0.871 bits per heavy atom. The molecule has 7 rings (SSSR count). The lowest BCUT2D eigenvalue weighted by atomic mass is 9.93. The van der Waals surface area contributed by atoms with Crippen LogP contribution >= 0.6 is 19.4 Å². The first-order valence-electron chi connectivity index (χ1n) is 25.6. The molecular weight excluding hydrogens is 1230 g/mol. The Morgan fingerprint density at radius 2 is 1.46 bits per heavy atom. The zero-order chi connectivity index (χ0) is 64.0. The Bertz CT molecular complexity index is 3790. The third-order valence-electron chi connectivity index (χ3n) is 13.2. The molecule has 1 fully saturated rings. The van der Waals surface area contributed by atoms with Crippen LogP contribution in [0.2, 0.25) is 5.02 Å². The van der Waals surface area contributed by atoms with Gasteiger partial charge >= 0.3 is 26.1 Å². The quantitative estimate of drug-likeness (QED) is 0.0267. The summed E-state index contributed by atoms with van der Waals surface area (Å²) in [7, 11) is -13.2. The van der Waals surface area contributed by atoms with E-state index in [4.69, 9.17) is 29.9 Å². The smallest absolute Gasteiger partial charge is 0.443 e. The minimum absolute atomic E-state index is 0.187. The molecule has 0 bridgehead atoms. The number of anilines is 1. The molecule has 18 nitrogen and oxygen atoms in total. The third kappa shape index (κ3) is 15.3. The molecule has 85 heavy (non-hydrogen) atoms. The van der Waals surface area contributed by atoms with E-state index in [-0.39, 0.29) is 38.2 Å². The molecule has 0 radical (unpaired) electrons. The average molecular weight is 1290 g/mol. The maximum Gasteiger partial charge on any atom is 0.475 e. The summed E-state index contributed by atoms with van der Waals surface area (Å²) in [6.45, 7) is 8.99. The first-order chi connectivity index (χ1) is 38.5. The normalized spacial score (nSPS) is 17.0. The number of halogens is 11. The van der Waals surface area contributed by atoms with Gasteiger partial charge in [-0.05, 0) is 130 Å². The summed E-state index contributed by atoms with van der Waals surface area (Å²) in [6.07, 6.45) is -9.97. The molecule has 0 aliphatic heterocycles. The summed E-state index contributed by atoms with van der Waals surface area (Å²) >= 11 is 6.77. The van der Waals surface area contributed by atoms with Gasteiger partial charge in [0.15, 0.2) is 28.1 Å². The van der Waals surface area contributed by atoms with Crippen LogP contribution in [-0.4, -0.2) is 101 Å². The molecule has 0 spiro atoms. The van der Waals surface area contributed by atoms with E-state index in [1.807, 2.05) is 0 Å². The van der Waals surface area contributed by atoms with Crippen molar-refractivity contribution in [2.75, 3.05) is 30.2 Å². The summed E-state index contributed by atoms with van der Waals surface area (Å²) in [5, 5.41) is 8.86.